The Kier molecular flexibility index (Phi) is 3.19. The molecule has 0 saturated heterocycles. The van der Waals surface area contributed by atoms with Crippen LogP contribution in [0, 0.1) is 0 Å². The second-order valence-corrected chi connectivity index (χ2v) is 9.92. The summed E-state index contributed by atoms with van der Waals surface area (Å²) in [5.74, 6) is 0. The minimum atomic E-state index is -0.448. The van der Waals surface area contributed by atoms with Crippen LogP contribution in [0.4, 0.5) is 0 Å². The van der Waals surface area contributed by atoms with Crippen molar-refractivity contribution >= 4 is 64.1 Å². The van der Waals surface area contributed by atoms with Crippen LogP contribution in [-0.4, -0.2) is 9.97 Å². The Balaban J connectivity index is 1.44. The molecule has 3 heteroatoms. The van der Waals surface area contributed by atoms with Gasteiger partial charge < -0.3 is 0 Å². The topological polar surface area (TPSA) is 25.8 Å². The van der Waals surface area contributed by atoms with Crippen molar-refractivity contribution < 1.29 is 9.60 Å². The van der Waals surface area contributed by atoms with E-state index in [1.807, 2.05) is 42.5 Å². The number of thiophene rings is 1. The van der Waals surface area contributed by atoms with Gasteiger partial charge in [-0.05, 0) is 34.5 Å². The molecule has 172 valence electrons. The zero-order valence-electron chi connectivity index (χ0n) is 26.3. The lowest BCUT2D eigenvalue weighted by atomic mass is 9.93. The van der Waals surface area contributed by atoms with Gasteiger partial charge in [-0.3, -0.25) is 4.98 Å². The third-order valence-electron chi connectivity index (χ3n) is 6.82. The van der Waals surface area contributed by atoms with Crippen molar-refractivity contribution in [1.29, 1.82) is 0 Å². The lowest BCUT2D eigenvalue weighted by molar-refractivity contribution is 1.37. The molecular weight excluding hydrogens is 468 g/mol. The van der Waals surface area contributed by atoms with Gasteiger partial charge in [-0.25, -0.2) is 4.98 Å². The number of hydrogen-bond donors (Lipinski definition) is 0. The standard InChI is InChI=1S/C34H20N2S/c1-2-9-24-23(8-1)25(28-11-5-12-29-27-10-3-4-13-31(27)37-34(28)29)17-18-26(24)30-19-16-22-15-14-21-7-6-20-35-32(21)33(22)36-30/h1-20H/i6D,7D,14D,15D,16D,19D,20D. The first-order valence-corrected chi connectivity index (χ1v) is 12.7. The van der Waals surface area contributed by atoms with Crippen LogP contribution < -0.4 is 0 Å². The van der Waals surface area contributed by atoms with Crippen molar-refractivity contribution in [3.8, 4) is 22.4 Å². The highest BCUT2D eigenvalue weighted by Crippen LogP contribution is 2.43. The Morgan fingerprint density at radius 1 is 0.568 bits per heavy atom. The normalized spacial score (nSPS) is 14.4. The molecule has 5 aromatic carbocycles. The van der Waals surface area contributed by atoms with Crippen LogP contribution in [0.5, 0.6) is 0 Å². The molecule has 0 unspecified atom stereocenters. The van der Waals surface area contributed by atoms with E-state index >= 15 is 0 Å². The van der Waals surface area contributed by atoms with Crippen molar-refractivity contribution in [2.45, 2.75) is 0 Å². The van der Waals surface area contributed by atoms with E-state index < -0.39 is 12.2 Å². The van der Waals surface area contributed by atoms with Crippen molar-refractivity contribution in [3.05, 3.63) is 121 Å². The molecule has 8 rings (SSSR count). The maximum absolute atomic E-state index is 8.95. The van der Waals surface area contributed by atoms with Gasteiger partial charge in [-0.1, -0.05) is 97.0 Å². The van der Waals surface area contributed by atoms with E-state index in [4.69, 9.17) is 14.6 Å². The van der Waals surface area contributed by atoms with Gasteiger partial charge in [-0.2, -0.15) is 0 Å². The largest absolute Gasteiger partial charge is 0.254 e. The molecule has 0 amide bonds. The van der Waals surface area contributed by atoms with Crippen LogP contribution in [0.1, 0.15) is 9.60 Å². The molecule has 2 nitrogen and oxygen atoms in total. The minimum Gasteiger partial charge on any atom is -0.254 e. The number of fused-ring (bicyclic) bond motifs is 7. The number of rotatable bonds is 2. The van der Waals surface area contributed by atoms with Gasteiger partial charge >= 0.3 is 0 Å². The van der Waals surface area contributed by atoms with Gasteiger partial charge in [0.15, 0.2) is 0 Å². The zero-order valence-corrected chi connectivity index (χ0v) is 20.1. The summed E-state index contributed by atoms with van der Waals surface area (Å²) in [6.07, 6.45) is -0.448. The minimum absolute atomic E-state index is 0.0131. The van der Waals surface area contributed by atoms with Gasteiger partial charge in [0, 0.05) is 48.2 Å². The number of benzene rings is 5. The summed E-state index contributed by atoms with van der Waals surface area (Å²) in [7, 11) is 0. The summed E-state index contributed by atoms with van der Waals surface area (Å²) >= 11 is 1.75. The van der Waals surface area contributed by atoms with Gasteiger partial charge in [0.1, 0.15) is 0 Å². The van der Waals surface area contributed by atoms with E-state index in [0.29, 0.717) is 5.56 Å². The predicted octanol–water partition coefficient (Wildman–Crippen LogP) is 9.64. The van der Waals surface area contributed by atoms with E-state index in [1.54, 1.807) is 11.3 Å². The molecule has 0 aliphatic heterocycles. The third kappa shape index (κ3) is 3.11. The fourth-order valence-electron chi connectivity index (χ4n) is 5.14. The number of aromatic nitrogens is 2. The Morgan fingerprint density at radius 2 is 1.27 bits per heavy atom. The Bertz CT molecular complexity index is 2540. The number of pyridine rings is 2. The fraction of sp³-hybridized carbons (Fsp3) is 0. The number of nitrogens with zero attached hydrogens (tertiary/aromatic N) is 2. The van der Waals surface area contributed by atoms with Crippen molar-refractivity contribution in [1.82, 2.24) is 9.97 Å². The second kappa shape index (κ2) is 7.95. The van der Waals surface area contributed by atoms with Crippen LogP contribution in [0.25, 0.3) is 75.1 Å². The Hall–Kier alpha value is -4.60. The summed E-state index contributed by atoms with van der Waals surface area (Å²) in [6.45, 7) is 0. The molecule has 0 aliphatic rings. The molecule has 8 aromatic rings. The highest BCUT2D eigenvalue weighted by atomic mass is 32.1. The van der Waals surface area contributed by atoms with Gasteiger partial charge in [0.2, 0.25) is 0 Å². The van der Waals surface area contributed by atoms with E-state index in [1.165, 1.54) is 20.2 Å². The molecule has 37 heavy (non-hydrogen) atoms. The molecule has 3 aromatic heterocycles. The Labute approximate surface area is 227 Å². The summed E-state index contributed by atoms with van der Waals surface area (Å²) in [5, 5.41) is 4.10. The first-order valence-electron chi connectivity index (χ1n) is 15.4. The summed E-state index contributed by atoms with van der Waals surface area (Å²) in [6, 6.07) is 24.5. The molecular formula is C34H20N2S. The highest BCUT2D eigenvalue weighted by Gasteiger charge is 2.15. The number of hydrogen-bond acceptors (Lipinski definition) is 3. The molecule has 0 spiro atoms. The van der Waals surface area contributed by atoms with Gasteiger partial charge in [0.05, 0.1) is 26.3 Å². The summed E-state index contributed by atoms with van der Waals surface area (Å²) in [4.78, 5) is 8.96. The lowest BCUT2D eigenvalue weighted by Gasteiger charge is -2.13. The smallest absolute Gasteiger partial charge is 0.0972 e. The maximum Gasteiger partial charge on any atom is 0.0972 e. The van der Waals surface area contributed by atoms with E-state index in [-0.39, 0.29) is 57.7 Å². The molecule has 0 bridgehead atoms. The van der Waals surface area contributed by atoms with Crippen LogP contribution in [0.2, 0.25) is 0 Å². The molecule has 0 atom stereocenters. The molecule has 0 fully saturated rings. The van der Waals surface area contributed by atoms with Crippen LogP contribution in [0.15, 0.2) is 121 Å². The van der Waals surface area contributed by atoms with Crippen molar-refractivity contribution in [2.75, 3.05) is 0 Å². The second-order valence-electron chi connectivity index (χ2n) is 8.87. The van der Waals surface area contributed by atoms with Crippen molar-refractivity contribution in [2.24, 2.45) is 0 Å². The molecule has 0 N–H and O–H groups in total. The average molecular weight is 496 g/mol. The predicted molar refractivity (Wildman–Crippen MR) is 158 cm³/mol. The first-order chi connectivity index (χ1) is 21.3. The Morgan fingerprint density at radius 3 is 2.16 bits per heavy atom. The summed E-state index contributed by atoms with van der Waals surface area (Å²) in [5.41, 5.74) is 3.04. The van der Waals surface area contributed by atoms with Crippen molar-refractivity contribution in [3.63, 3.8) is 0 Å². The molecule has 0 radical (unpaired) electrons. The maximum atomic E-state index is 8.95. The SMILES string of the molecule is [2H]c1nc2c(c([2H])c1[2H])c([2H])c([2H])c1c([2H])c([2H])c(-c3ccc(-c4cccc5c4sc4ccccc45)c4ccccc34)nc12. The molecule has 0 saturated carbocycles. The quantitative estimate of drug-likeness (QED) is 0.223. The van der Waals surface area contributed by atoms with E-state index in [2.05, 4.69) is 41.4 Å². The molecule has 3 heterocycles. The van der Waals surface area contributed by atoms with Crippen LogP contribution in [-0.2, 0) is 0 Å². The monoisotopic (exact) mass is 495 g/mol. The lowest BCUT2D eigenvalue weighted by Crippen LogP contribution is -1.91. The average Bonchev–Trinajstić information content (AvgIpc) is 3.42. The fourth-order valence-corrected chi connectivity index (χ4v) is 6.37. The van der Waals surface area contributed by atoms with Crippen LogP contribution in [0.3, 0.4) is 0 Å². The first kappa shape index (κ1) is 14.8. The van der Waals surface area contributed by atoms with E-state index in [0.717, 1.165) is 21.9 Å². The van der Waals surface area contributed by atoms with Gasteiger partial charge in [-0.15, -0.1) is 11.3 Å². The summed E-state index contributed by atoms with van der Waals surface area (Å²) < 4.78 is 61.9. The molecule has 0 aliphatic carbocycles. The third-order valence-corrected chi connectivity index (χ3v) is 8.04. The highest BCUT2D eigenvalue weighted by molar-refractivity contribution is 7.26. The van der Waals surface area contributed by atoms with E-state index in [9.17, 15) is 0 Å². The zero-order chi connectivity index (χ0) is 30.4. The van der Waals surface area contributed by atoms with Crippen LogP contribution >= 0.6 is 11.3 Å². The van der Waals surface area contributed by atoms with Gasteiger partial charge in [0.25, 0.3) is 0 Å².